The number of carbonyl (C=O) groups excluding carboxylic acids is 1. The number of rotatable bonds is 3. The molecular formula is C26H26F4N6O. The van der Waals surface area contributed by atoms with Gasteiger partial charge in [0.05, 0.1) is 16.8 Å². The van der Waals surface area contributed by atoms with E-state index < -0.39 is 23.1 Å². The number of hydrogen-bond donors (Lipinski definition) is 2. The van der Waals surface area contributed by atoms with E-state index in [-0.39, 0.29) is 22.8 Å². The number of anilines is 1. The lowest BCUT2D eigenvalue weighted by molar-refractivity contribution is -0.137. The Morgan fingerprint density at radius 3 is 2.54 bits per heavy atom. The van der Waals surface area contributed by atoms with Crippen LogP contribution in [-0.4, -0.2) is 38.8 Å². The molecule has 1 aromatic carbocycles. The first-order valence-electron chi connectivity index (χ1n) is 12.3. The quantitative estimate of drug-likeness (QED) is 0.491. The summed E-state index contributed by atoms with van der Waals surface area (Å²) in [6.07, 6.45) is 0.462. The number of fused-ring (bicyclic) bond motifs is 2. The molecule has 2 amide bonds. The molecule has 0 radical (unpaired) electrons. The Bertz CT molecular complexity index is 1380. The van der Waals surface area contributed by atoms with Crippen molar-refractivity contribution in [3.63, 3.8) is 0 Å². The minimum Gasteiger partial charge on any atom is -0.383 e. The average molecular weight is 515 g/mol. The largest absolute Gasteiger partial charge is 0.419 e. The van der Waals surface area contributed by atoms with Crippen molar-refractivity contribution in [2.75, 3.05) is 18.8 Å². The highest BCUT2D eigenvalue weighted by Crippen LogP contribution is 2.46. The summed E-state index contributed by atoms with van der Waals surface area (Å²) in [7, 11) is 0. The molecule has 1 atom stereocenters. The van der Waals surface area contributed by atoms with Crippen LogP contribution in [0.4, 0.5) is 28.2 Å². The number of nitrogen functional groups attached to an aromatic ring is 1. The lowest BCUT2D eigenvalue weighted by Gasteiger charge is -2.44. The molecule has 1 aliphatic carbocycles. The minimum absolute atomic E-state index is 0.226. The second-order valence-corrected chi connectivity index (χ2v) is 10.3. The number of alkyl halides is 3. The van der Waals surface area contributed by atoms with E-state index in [1.165, 1.54) is 12.3 Å². The standard InChI is InChI=1S/C26H26F4N6O/c27-19-5-2-1-4-17(19)25(6-3-7-25)33-23(37)35-10-8-24(15-35)9-11-36-21(24)13-20(34-36)16-12-18(26(28,29)30)22(31)32-14-16/h1-2,4-5,12-14H,3,6-11,15H2,(H2,31,32)(H,33,37)/t24-/m1/s1. The molecule has 1 saturated carbocycles. The number of pyridine rings is 1. The molecule has 1 saturated heterocycles. The molecular weight excluding hydrogens is 488 g/mol. The van der Waals surface area contributed by atoms with Crippen molar-refractivity contribution in [3.05, 3.63) is 65.2 Å². The number of carbonyl (C=O) groups is 1. The Labute approximate surface area is 210 Å². The van der Waals surface area contributed by atoms with Crippen LogP contribution in [0.15, 0.2) is 42.6 Å². The molecule has 1 spiro atoms. The number of urea groups is 1. The predicted octanol–water partition coefficient (Wildman–Crippen LogP) is 4.82. The number of nitrogens with two attached hydrogens (primary N) is 1. The van der Waals surface area contributed by atoms with Crippen LogP contribution in [0.5, 0.6) is 0 Å². The van der Waals surface area contributed by atoms with Crippen LogP contribution in [0.25, 0.3) is 11.3 Å². The molecule has 4 heterocycles. The fourth-order valence-electron chi connectivity index (χ4n) is 6.03. The van der Waals surface area contributed by atoms with Crippen LogP contribution < -0.4 is 11.1 Å². The minimum atomic E-state index is -4.61. The summed E-state index contributed by atoms with van der Waals surface area (Å²) in [5.41, 5.74) is 5.48. The summed E-state index contributed by atoms with van der Waals surface area (Å²) < 4.78 is 56.4. The van der Waals surface area contributed by atoms with Gasteiger partial charge in [0.1, 0.15) is 11.6 Å². The smallest absolute Gasteiger partial charge is 0.383 e. The molecule has 3 aromatic rings. The number of aromatic nitrogens is 3. The van der Waals surface area contributed by atoms with Gasteiger partial charge in [0.2, 0.25) is 0 Å². The van der Waals surface area contributed by atoms with E-state index in [9.17, 15) is 22.4 Å². The Morgan fingerprint density at radius 2 is 1.84 bits per heavy atom. The highest BCUT2D eigenvalue weighted by atomic mass is 19.4. The van der Waals surface area contributed by atoms with Crippen LogP contribution >= 0.6 is 0 Å². The van der Waals surface area contributed by atoms with Gasteiger partial charge in [0.25, 0.3) is 0 Å². The van der Waals surface area contributed by atoms with E-state index >= 15 is 0 Å². The fraction of sp³-hybridized carbons (Fsp3) is 0.423. The predicted molar refractivity (Wildman–Crippen MR) is 128 cm³/mol. The monoisotopic (exact) mass is 514 g/mol. The number of hydrogen-bond acceptors (Lipinski definition) is 4. The second-order valence-electron chi connectivity index (χ2n) is 10.3. The van der Waals surface area contributed by atoms with E-state index in [1.54, 1.807) is 29.2 Å². The molecule has 6 rings (SSSR count). The Hall–Kier alpha value is -3.63. The average Bonchev–Trinajstić information content (AvgIpc) is 3.53. The number of halogens is 4. The zero-order valence-corrected chi connectivity index (χ0v) is 20.0. The summed E-state index contributed by atoms with van der Waals surface area (Å²) in [6.45, 7) is 1.60. The number of benzene rings is 1. The summed E-state index contributed by atoms with van der Waals surface area (Å²) in [6, 6.07) is 9.11. The summed E-state index contributed by atoms with van der Waals surface area (Å²) in [5, 5.41) is 7.66. The maximum atomic E-state index is 14.5. The van der Waals surface area contributed by atoms with Gasteiger partial charge in [-0.15, -0.1) is 0 Å². The SMILES string of the molecule is Nc1ncc(-c2cc3n(n2)CC[C@@]32CCN(C(=O)NC3(c4ccccc4F)CCC3)C2)cc1C(F)(F)F. The second kappa shape index (κ2) is 8.19. The molecule has 11 heteroatoms. The maximum absolute atomic E-state index is 14.5. The van der Waals surface area contributed by atoms with E-state index in [0.29, 0.717) is 50.2 Å². The van der Waals surface area contributed by atoms with Crippen molar-refractivity contribution in [1.29, 1.82) is 0 Å². The third kappa shape index (κ3) is 3.82. The molecule has 2 aromatic heterocycles. The Morgan fingerprint density at radius 1 is 1.08 bits per heavy atom. The van der Waals surface area contributed by atoms with E-state index in [2.05, 4.69) is 15.4 Å². The Balaban J connectivity index is 1.22. The number of likely N-dealkylation sites (tertiary alicyclic amines) is 1. The molecule has 3 N–H and O–H groups in total. The van der Waals surface area contributed by atoms with Gasteiger partial charge in [-0.2, -0.15) is 18.3 Å². The van der Waals surface area contributed by atoms with Crippen molar-refractivity contribution in [1.82, 2.24) is 25.0 Å². The van der Waals surface area contributed by atoms with E-state index in [0.717, 1.165) is 24.6 Å². The molecule has 2 fully saturated rings. The van der Waals surface area contributed by atoms with Crippen LogP contribution in [0.2, 0.25) is 0 Å². The van der Waals surface area contributed by atoms with Gasteiger partial charge in [0.15, 0.2) is 0 Å². The summed E-state index contributed by atoms with van der Waals surface area (Å²) >= 11 is 0. The number of aryl methyl sites for hydroxylation is 1. The van der Waals surface area contributed by atoms with Crippen LogP contribution in [0.3, 0.4) is 0 Å². The fourth-order valence-corrected chi connectivity index (χ4v) is 6.03. The third-order valence-corrected chi connectivity index (χ3v) is 8.23. The first kappa shape index (κ1) is 23.7. The zero-order chi connectivity index (χ0) is 26.0. The molecule has 194 valence electrons. The van der Waals surface area contributed by atoms with E-state index in [1.807, 2.05) is 4.68 Å². The first-order valence-corrected chi connectivity index (χ1v) is 12.3. The first-order chi connectivity index (χ1) is 17.6. The third-order valence-electron chi connectivity index (χ3n) is 8.23. The van der Waals surface area contributed by atoms with Crippen LogP contribution in [0, 0.1) is 5.82 Å². The number of nitrogens with zero attached hydrogens (tertiary/aromatic N) is 4. The lowest BCUT2D eigenvalue weighted by Crippen LogP contribution is -2.55. The summed E-state index contributed by atoms with van der Waals surface area (Å²) in [5.74, 6) is -0.894. The molecule has 3 aliphatic rings. The number of amides is 2. The van der Waals surface area contributed by atoms with Gasteiger partial charge >= 0.3 is 12.2 Å². The van der Waals surface area contributed by atoms with Crippen molar-refractivity contribution in [3.8, 4) is 11.3 Å². The summed E-state index contributed by atoms with van der Waals surface area (Å²) in [4.78, 5) is 18.8. The zero-order valence-electron chi connectivity index (χ0n) is 20.0. The van der Waals surface area contributed by atoms with Gasteiger partial charge in [-0.3, -0.25) is 4.68 Å². The normalized spacial score (nSPS) is 22.2. The lowest BCUT2D eigenvalue weighted by atomic mass is 9.71. The van der Waals surface area contributed by atoms with Gasteiger partial charge in [-0.05, 0) is 50.3 Å². The highest BCUT2D eigenvalue weighted by molar-refractivity contribution is 5.76. The topological polar surface area (TPSA) is 89.1 Å². The van der Waals surface area contributed by atoms with Gasteiger partial charge < -0.3 is 16.0 Å². The van der Waals surface area contributed by atoms with Crippen molar-refractivity contribution in [2.45, 2.75) is 55.8 Å². The maximum Gasteiger partial charge on any atom is 0.419 e. The van der Waals surface area contributed by atoms with E-state index in [4.69, 9.17) is 5.73 Å². The van der Waals surface area contributed by atoms with Crippen molar-refractivity contribution >= 4 is 11.8 Å². The van der Waals surface area contributed by atoms with Crippen molar-refractivity contribution in [2.24, 2.45) is 0 Å². The van der Waals surface area contributed by atoms with Crippen molar-refractivity contribution < 1.29 is 22.4 Å². The van der Waals surface area contributed by atoms with Gasteiger partial charge in [0, 0.05) is 48.1 Å². The van der Waals surface area contributed by atoms with Gasteiger partial charge in [-0.25, -0.2) is 14.2 Å². The molecule has 2 aliphatic heterocycles. The highest BCUT2D eigenvalue weighted by Gasteiger charge is 2.49. The van der Waals surface area contributed by atoms with Gasteiger partial charge in [-0.1, -0.05) is 18.2 Å². The molecule has 0 unspecified atom stereocenters. The Kier molecular flexibility index (Phi) is 5.26. The molecule has 7 nitrogen and oxygen atoms in total. The van der Waals surface area contributed by atoms with Crippen LogP contribution in [-0.2, 0) is 23.7 Å². The molecule has 0 bridgehead atoms. The van der Waals surface area contributed by atoms with Crippen LogP contribution in [0.1, 0.15) is 48.9 Å². The molecule has 37 heavy (non-hydrogen) atoms. The number of nitrogens with one attached hydrogen (secondary N) is 1.